The van der Waals surface area contributed by atoms with Gasteiger partial charge < -0.3 is 21.4 Å². The predicted octanol–water partition coefficient (Wildman–Crippen LogP) is 2.70. The van der Waals surface area contributed by atoms with Crippen LogP contribution in [0, 0.1) is 11.3 Å². The maximum atomic E-state index is 13.1. The fraction of sp³-hybridized carbons (Fsp3) is 0.500. The van der Waals surface area contributed by atoms with Gasteiger partial charge in [-0.15, -0.1) is 11.3 Å². The van der Waals surface area contributed by atoms with Gasteiger partial charge in [0.25, 0.3) is 11.8 Å². The number of hydrogen-bond donors (Lipinski definition) is 4. The van der Waals surface area contributed by atoms with Gasteiger partial charge >= 0.3 is 6.03 Å². The lowest BCUT2D eigenvalue weighted by molar-refractivity contribution is -0.135. The third-order valence-corrected chi connectivity index (χ3v) is 7.36. The zero-order valence-corrected chi connectivity index (χ0v) is 19.7. The van der Waals surface area contributed by atoms with E-state index in [1.54, 1.807) is 17.6 Å². The van der Waals surface area contributed by atoms with Gasteiger partial charge in [-0.2, -0.15) is 0 Å². The molecule has 0 bridgehead atoms. The lowest BCUT2D eigenvalue weighted by Gasteiger charge is -2.40. The van der Waals surface area contributed by atoms with E-state index >= 15 is 0 Å². The van der Waals surface area contributed by atoms with Gasteiger partial charge in [0.2, 0.25) is 5.91 Å². The number of aromatic nitrogens is 2. The SMILES string of the molecule is CC(C)(C)C1CCC2(CC1)NC(=O)N(CC(=O)Nc1nc(-c3c[nH]c(C(N)=O)c3)cs1)C2=O. The molecule has 3 heterocycles. The Morgan fingerprint density at radius 2 is 2.00 bits per heavy atom. The molecule has 0 aromatic carbocycles. The molecule has 2 aromatic heterocycles. The van der Waals surface area contributed by atoms with E-state index in [0.717, 1.165) is 17.7 Å². The van der Waals surface area contributed by atoms with E-state index in [1.165, 1.54) is 11.3 Å². The van der Waals surface area contributed by atoms with E-state index in [4.69, 9.17) is 5.73 Å². The second kappa shape index (κ2) is 8.29. The van der Waals surface area contributed by atoms with Crippen molar-refractivity contribution in [2.75, 3.05) is 11.9 Å². The number of nitrogens with one attached hydrogen (secondary N) is 3. The van der Waals surface area contributed by atoms with Crippen LogP contribution >= 0.6 is 11.3 Å². The van der Waals surface area contributed by atoms with Crippen molar-refractivity contribution in [1.82, 2.24) is 20.2 Å². The summed E-state index contributed by atoms with van der Waals surface area (Å²) in [7, 11) is 0. The molecule has 1 aliphatic heterocycles. The molecule has 2 aliphatic rings. The van der Waals surface area contributed by atoms with Gasteiger partial charge in [0.15, 0.2) is 5.13 Å². The lowest BCUT2D eigenvalue weighted by Crippen LogP contribution is -2.50. The Morgan fingerprint density at radius 3 is 2.61 bits per heavy atom. The fourth-order valence-corrected chi connectivity index (χ4v) is 5.32. The van der Waals surface area contributed by atoms with Gasteiger partial charge in [-0.3, -0.25) is 19.3 Å². The monoisotopic (exact) mass is 472 g/mol. The highest BCUT2D eigenvalue weighted by atomic mass is 32.1. The van der Waals surface area contributed by atoms with Crippen LogP contribution < -0.4 is 16.4 Å². The minimum absolute atomic E-state index is 0.154. The Bertz CT molecular complexity index is 1110. The van der Waals surface area contributed by atoms with Crippen molar-refractivity contribution in [3.8, 4) is 11.3 Å². The molecule has 11 heteroatoms. The molecule has 0 unspecified atom stereocenters. The normalized spacial score (nSPS) is 23.1. The number of carbonyl (C=O) groups excluding carboxylic acids is 4. The molecular formula is C22H28N6O4S. The summed E-state index contributed by atoms with van der Waals surface area (Å²) < 4.78 is 0. The smallest absolute Gasteiger partial charge is 0.325 e. The quantitative estimate of drug-likeness (QED) is 0.493. The Balaban J connectivity index is 1.37. The number of nitrogens with two attached hydrogens (primary N) is 1. The molecule has 5 N–H and O–H groups in total. The Labute approximate surface area is 195 Å². The average molecular weight is 473 g/mol. The van der Waals surface area contributed by atoms with E-state index in [0.29, 0.717) is 35.1 Å². The van der Waals surface area contributed by atoms with Gasteiger partial charge in [0.1, 0.15) is 17.8 Å². The van der Waals surface area contributed by atoms with Crippen molar-refractivity contribution in [2.45, 2.75) is 52.0 Å². The van der Waals surface area contributed by atoms with Crippen molar-refractivity contribution < 1.29 is 19.2 Å². The van der Waals surface area contributed by atoms with Crippen LogP contribution in [-0.2, 0) is 9.59 Å². The van der Waals surface area contributed by atoms with Crippen LogP contribution in [0.15, 0.2) is 17.6 Å². The first-order valence-corrected chi connectivity index (χ1v) is 11.7. The van der Waals surface area contributed by atoms with Crippen LogP contribution in [0.25, 0.3) is 11.3 Å². The van der Waals surface area contributed by atoms with Crippen molar-refractivity contribution in [1.29, 1.82) is 0 Å². The Hall–Kier alpha value is -3.21. The van der Waals surface area contributed by atoms with Gasteiger partial charge in [-0.1, -0.05) is 20.8 Å². The van der Waals surface area contributed by atoms with Crippen molar-refractivity contribution in [3.63, 3.8) is 0 Å². The number of nitrogens with zero attached hydrogens (tertiary/aromatic N) is 2. The van der Waals surface area contributed by atoms with Gasteiger partial charge in [-0.05, 0) is 43.1 Å². The van der Waals surface area contributed by atoms with Gasteiger partial charge in [0.05, 0.1) is 5.69 Å². The number of thiazole rings is 1. The number of urea groups is 1. The second-order valence-electron chi connectivity index (χ2n) is 9.80. The van der Waals surface area contributed by atoms with E-state index in [-0.39, 0.29) is 23.6 Å². The first-order chi connectivity index (χ1) is 15.5. The highest BCUT2D eigenvalue weighted by Gasteiger charge is 2.53. The number of aromatic amines is 1. The number of primary amides is 1. The molecular weight excluding hydrogens is 444 g/mol. The summed E-state index contributed by atoms with van der Waals surface area (Å²) in [4.78, 5) is 57.5. The Morgan fingerprint density at radius 1 is 1.30 bits per heavy atom. The topological polar surface area (TPSA) is 150 Å². The van der Waals surface area contributed by atoms with Crippen molar-refractivity contribution >= 4 is 40.2 Å². The summed E-state index contributed by atoms with van der Waals surface area (Å²) in [5.41, 5.74) is 5.97. The largest absolute Gasteiger partial charge is 0.364 e. The number of amides is 5. The van der Waals surface area contributed by atoms with Gasteiger partial charge in [0, 0.05) is 17.1 Å². The number of anilines is 1. The molecule has 2 fully saturated rings. The number of imide groups is 1. The minimum atomic E-state index is -0.903. The highest BCUT2D eigenvalue weighted by Crippen LogP contribution is 2.43. The maximum Gasteiger partial charge on any atom is 0.325 e. The predicted molar refractivity (Wildman–Crippen MR) is 123 cm³/mol. The Kier molecular flexibility index (Phi) is 5.77. The summed E-state index contributed by atoms with van der Waals surface area (Å²) >= 11 is 1.20. The van der Waals surface area contributed by atoms with Crippen LogP contribution in [0.5, 0.6) is 0 Å². The molecule has 4 rings (SSSR count). The molecule has 2 aromatic rings. The minimum Gasteiger partial charge on any atom is -0.364 e. The molecule has 0 atom stereocenters. The van der Waals surface area contributed by atoms with Crippen molar-refractivity contribution in [3.05, 3.63) is 23.3 Å². The van der Waals surface area contributed by atoms with E-state index in [2.05, 4.69) is 41.4 Å². The van der Waals surface area contributed by atoms with Crippen LogP contribution in [0.2, 0.25) is 0 Å². The summed E-state index contributed by atoms with van der Waals surface area (Å²) in [6.07, 6.45) is 4.47. The van der Waals surface area contributed by atoms with Crippen molar-refractivity contribution in [2.24, 2.45) is 17.1 Å². The van der Waals surface area contributed by atoms with Crippen LogP contribution in [-0.4, -0.2) is 50.7 Å². The van der Waals surface area contributed by atoms with E-state index in [1.807, 2.05) is 0 Å². The fourth-order valence-electron chi connectivity index (χ4n) is 4.59. The number of hydrogen-bond acceptors (Lipinski definition) is 6. The second-order valence-corrected chi connectivity index (χ2v) is 10.7. The van der Waals surface area contributed by atoms with Crippen LogP contribution in [0.1, 0.15) is 56.9 Å². The summed E-state index contributed by atoms with van der Waals surface area (Å²) in [5.74, 6) is -0.931. The molecule has 0 radical (unpaired) electrons. The summed E-state index contributed by atoms with van der Waals surface area (Å²) in [6, 6.07) is 1.04. The van der Waals surface area contributed by atoms with Gasteiger partial charge in [-0.25, -0.2) is 9.78 Å². The molecule has 1 saturated carbocycles. The van der Waals surface area contributed by atoms with Crippen LogP contribution in [0.4, 0.5) is 9.93 Å². The summed E-state index contributed by atoms with van der Waals surface area (Å²) in [5, 5.41) is 7.54. The third kappa shape index (κ3) is 4.50. The standard InChI is InChI=1S/C22H28N6O4S/c1-21(2,3)13-4-6-22(7-5-13)18(31)28(20(32)27-22)10-16(29)26-19-25-15(11-33-19)12-8-14(17(23)30)24-9-12/h8-9,11,13,24H,4-7,10H2,1-3H3,(H2,23,30)(H,27,32)(H,25,26,29). The highest BCUT2D eigenvalue weighted by molar-refractivity contribution is 7.14. The number of H-pyrrole nitrogens is 1. The zero-order valence-electron chi connectivity index (χ0n) is 18.9. The molecule has 1 spiro atoms. The third-order valence-electron chi connectivity index (χ3n) is 6.61. The summed E-state index contributed by atoms with van der Waals surface area (Å²) in [6.45, 7) is 6.20. The maximum absolute atomic E-state index is 13.1. The number of carbonyl (C=O) groups is 4. The number of rotatable bonds is 5. The molecule has 5 amide bonds. The first-order valence-electron chi connectivity index (χ1n) is 10.9. The molecule has 1 saturated heterocycles. The first kappa shape index (κ1) is 23.0. The zero-order chi connectivity index (χ0) is 24.0. The average Bonchev–Trinajstić information content (AvgIpc) is 3.44. The van der Waals surface area contributed by atoms with E-state index < -0.39 is 23.4 Å². The molecule has 1 aliphatic carbocycles. The van der Waals surface area contributed by atoms with Crippen LogP contribution in [0.3, 0.4) is 0 Å². The molecule has 10 nitrogen and oxygen atoms in total. The molecule has 176 valence electrons. The lowest BCUT2D eigenvalue weighted by atomic mass is 9.67. The van der Waals surface area contributed by atoms with E-state index in [9.17, 15) is 19.2 Å². The molecule has 33 heavy (non-hydrogen) atoms.